The third kappa shape index (κ3) is 3.37. The molecule has 2 N–H and O–H groups in total. The number of H-pyrrole nitrogens is 1. The minimum atomic E-state index is -3.66. The Kier molecular flexibility index (Phi) is 4.55. The Morgan fingerprint density at radius 2 is 2.19 bits per heavy atom. The van der Waals surface area contributed by atoms with Gasteiger partial charge in [-0.1, -0.05) is 20.3 Å². The fraction of sp³-hybridized carbons (Fsp3) is 0.692. The number of methoxy groups -OCH3 is 1. The first-order valence-corrected chi connectivity index (χ1v) is 8.54. The van der Waals surface area contributed by atoms with Gasteiger partial charge in [-0.15, -0.1) is 0 Å². The number of nitrogens with zero attached hydrogens (tertiary/aromatic N) is 1. The van der Waals surface area contributed by atoms with Crippen LogP contribution in [0.2, 0.25) is 0 Å². The third-order valence-electron chi connectivity index (χ3n) is 3.82. The Morgan fingerprint density at radius 3 is 2.76 bits per heavy atom. The van der Waals surface area contributed by atoms with E-state index < -0.39 is 27.2 Å². The molecule has 1 aliphatic carbocycles. The van der Waals surface area contributed by atoms with Crippen molar-refractivity contribution in [3.63, 3.8) is 0 Å². The number of hydrogen-bond donors (Lipinski definition) is 2. The van der Waals surface area contributed by atoms with Crippen molar-refractivity contribution in [1.29, 1.82) is 0 Å². The molecule has 2 atom stereocenters. The molecule has 21 heavy (non-hydrogen) atoms. The van der Waals surface area contributed by atoms with Crippen molar-refractivity contribution in [1.82, 2.24) is 10.2 Å². The molecule has 2 unspecified atom stereocenters. The van der Waals surface area contributed by atoms with Gasteiger partial charge in [0.15, 0.2) is 5.82 Å². The monoisotopic (exact) mass is 315 g/mol. The first-order valence-electron chi connectivity index (χ1n) is 7.00. The Bertz CT molecular complexity index is 609. The van der Waals surface area contributed by atoms with Crippen molar-refractivity contribution in [2.75, 3.05) is 11.8 Å². The van der Waals surface area contributed by atoms with Crippen molar-refractivity contribution < 1.29 is 17.9 Å². The molecular weight excluding hydrogens is 294 g/mol. The predicted octanol–water partition coefficient (Wildman–Crippen LogP) is 1.62. The highest BCUT2D eigenvalue weighted by Gasteiger charge is 2.42. The van der Waals surface area contributed by atoms with E-state index in [1.807, 2.05) is 13.8 Å². The first-order chi connectivity index (χ1) is 9.85. The standard InChI is InChI=1S/C13H21N3O4S/c1-8(2)10-7-12(15-14-10)16-21(18,19)11-6-4-5-9(11)13(17)20-3/h7-9,11H,4-6H2,1-3H3,(H2,14,15,16). The van der Waals surface area contributed by atoms with Crippen molar-refractivity contribution in [3.8, 4) is 0 Å². The Labute approximate surface area is 124 Å². The smallest absolute Gasteiger partial charge is 0.310 e. The van der Waals surface area contributed by atoms with Crippen LogP contribution in [0.4, 0.5) is 5.82 Å². The maximum Gasteiger partial charge on any atom is 0.310 e. The number of anilines is 1. The molecule has 118 valence electrons. The maximum absolute atomic E-state index is 12.4. The molecule has 0 saturated heterocycles. The first kappa shape index (κ1) is 15.8. The lowest BCUT2D eigenvalue weighted by Gasteiger charge is -2.18. The van der Waals surface area contributed by atoms with Gasteiger partial charge in [0.2, 0.25) is 10.0 Å². The van der Waals surface area contributed by atoms with Crippen molar-refractivity contribution in [3.05, 3.63) is 11.8 Å². The molecule has 1 saturated carbocycles. The highest BCUT2D eigenvalue weighted by Crippen LogP contribution is 2.33. The Morgan fingerprint density at radius 1 is 1.48 bits per heavy atom. The molecule has 2 rings (SSSR count). The van der Waals surface area contributed by atoms with Crippen LogP contribution in [-0.4, -0.2) is 36.9 Å². The van der Waals surface area contributed by atoms with Crippen LogP contribution in [0.1, 0.15) is 44.7 Å². The van der Waals surface area contributed by atoms with Gasteiger partial charge < -0.3 is 4.74 Å². The predicted molar refractivity (Wildman–Crippen MR) is 78.4 cm³/mol. The highest BCUT2D eigenvalue weighted by molar-refractivity contribution is 7.93. The van der Waals surface area contributed by atoms with E-state index >= 15 is 0 Å². The zero-order valence-corrected chi connectivity index (χ0v) is 13.2. The summed E-state index contributed by atoms with van der Waals surface area (Å²) in [6, 6.07) is 1.67. The zero-order chi connectivity index (χ0) is 15.6. The SMILES string of the molecule is COC(=O)C1CCCC1S(=O)(=O)Nc1cc(C(C)C)[nH]n1. The summed E-state index contributed by atoms with van der Waals surface area (Å²) in [6.07, 6.45) is 1.69. The molecular formula is C13H21N3O4S. The number of nitrogens with one attached hydrogen (secondary N) is 2. The summed E-state index contributed by atoms with van der Waals surface area (Å²) >= 11 is 0. The summed E-state index contributed by atoms with van der Waals surface area (Å²) in [5.74, 6) is -0.581. The van der Waals surface area contributed by atoms with Gasteiger partial charge in [0, 0.05) is 11.8 Å². The molecule has 7 nitrogen and oxygen atoms in total. The third-order valence-corrected chi connectivity index (χ3v) is 5.68. The number of rotatable bonds is 5. The lowest BCUT2D eigenvalue weighted by molar-refractivity contribution is -0.145. The van der Waals surface area contributed by atoms with E-state index in [1.165, 1.54) is 7.11 Å². The molecule has 8 heteroatoms. The summed E-state index contributed by atoms with van der Waals surface area (Å²) in [6.45, 7) is 3.96. The van der Waals surface area contributed by atoms with Crippen molar-refractivity contribution in [2.45, 2.75) is 44.3 Å². The van der Waals surface area contributed by atoms with E-state index in [-0.39, 0.29) is 11.7 Å². The second-order valence-corrected chi connectivity index (χ2v) is 7.51. The van der Waals surface area contributed by atoms with E-state index in [0.717, 1.165) is 5.69 Å². The fourth-order valence-corrected chi connectivity index (χ4v) is 4.33. The summed E-state index contributed by atoms with van der Waals surface area (Å²) in [5.41, 5.74) is 0.851. The summed E-state index contributed by atoms with van der Waals surface area (Å²) < 4.78 is 32.0. The van der Waals surface area contributed by atoms with Gasteiger partial charge >= 0.3 is 5.97 Å². The van der Waals surface area contributed by atoms with Crippen molar-refractivity contribution in [2.24, 2.45) is 5.92 Å². The van der Waals surface area contributed by atoms with Gasteiger partial charge in [-0.25, -0.2) is 8.42 Å². The molecule has 0 radical (unpaired) electrons. The zero-order valence-electron chi connectivity index (χ0n) is 12.4. The molecule has 1 aliphatic rings. The molecule has 0 amide bonds. The topological polar surface area (TPSA) is 101 Å². The molecule has 0 spiro atoms. The van der Waals surface area contributed by atoms with Gasteiger partial charge in [-0.3, -0.25) is 14.6 Å². The summed E-state index contributed by atoms with van der Waals surface area (Å²) in [7, 11) is -2.38. The summed E-state index contributed by atoms with van der Waals surface area (Å²) in [4.78, 5) is 11.7. The average molecular weight is 315 g/mol. The molecule has 1 heterocycles. The van der Waals surface area contributed by atoms with Crippen LogP contribution >= 0.6 is 0 Å². The number of carbonyl (C=O) groups is 1. The van der Waals surface area contributed by atoms with Crippen LogP contribution in [0.5, 0.6) is 0 Å². The Hall–Kier alpha value is -1.57. The van der Waals surface area contributed by atoms with Crippen molar-refractivity contribution >= 4 is 21.8 Å². The molecule has 1 fully saturated rings. The average Bonchev–Trinajstić information content (AvgIpc) is 3.05. The Balaban J connectivity index is 2.15. The summed E-state index contributed by atoms with van der Waals surface area (Å²) in [5, 5.41) is 5.99. The minimum Gasteiger partial charge on any atom is -0.469 e. The van der Waals surface area contributed by atoms with Crippen LogP contribution in [0, 0.1) is 5.92 Å². The van der Waals surface area contributed by atoms with E-state index in [2.05, 4.69) is 14.9 Å². The van der Waals surface area contributed by atoms with Gasteiger partial charge in [0.1, 0.15) is 0 Å². The quantitative estimate of drug-likeness (QED) is 0.804. The van der Waals surface area contributed by atoms with E-state index in [9.17, 15) is 13.2 Å². The highest BCUT2D eigenvalue weighted by atomic mass is 32.2. The number of aromatic amines is 1. The molecule has 0 aliphatic heterocycles. The second kappa shape index (κ2) is 6.05. The van der Waals surface area contributed by atoms with Crippen LogP contribution in [-0.2, 0) is 19.6 Å². The van der Waals surface area contributed by atoms with Crippen LogP contribution in [0.15, 0.2) is 6.07 Å². The number of sulfonamides is 1. The molecule has 1 aromatic rings. The minimum absolute atomic E-state index is 0.227. The van der Waals surface area contributed by atoms with Gasteiger partial charge in [0.05, 0.1) is 18.3 Å². The fourth-order valence-electron chi connectivity index (χ4n) is 2.62. The number of esters is 1. The van der Waals surface area contributed by atoms with E-state index in [4.69, 9.17) is 4.74 Å². The number of hydrogen-bond acceptors (Lipinski definition) is 5. The molecule has 1 aromatic heterocycles. The number of carbonyl (C=O) groups excluding carboxylic acids is 1. The normalized spacial score (nSPS) is 22.5. The van der Waals surface area contributed by atoms with Crippen LogP contribution < -0.4 is 4.72 Å². The van der Waals surface area contributed by atoms with Gasteiger partial charge in [-0.05, 0) is 18.8 Å². The van der Waals surface area contributed by atoms with Crippen LogP contribution in [0.3, 0.4) is 0 Å². The van der Waals surface area contributed by atoms with Crippen LogP contribution in [0.25, 0.3) is 0 Å². The second-order valence-electron chi connectivity index (χ2n) is 5.61. The van der Waals surface area contributed by atoms with E-state index in [0.29, 0.717) is 19.3 Å². The number of aromatic nitrogens is 2. The number of ether oxygens (including phenoxy) is 1. The maximum atomic E-state index is 12.4. The lowest BCUT2D eigenvalue weighted by Crippen LogP contribution is -2.35. The molecule has 0 aromatic carbocycles. The van der Waals surface area contributed by atoms with Gasteiger partial charge in [0.25, 0.3) is 0 Å². The molecule has 0 bridgehead atoms. The largest absolute Gasteiger partial charge is 0.469 e. The van der Waals surface area contributed by atoms with Gasteiger partial charge in [-0.2, -0.15) is 5.10 Å². The van der Waals surface area contributed by atoms with E-state index in [1.54, 1.807) is 6.07 Å². The lowest BCUT2D eigenvalue weighted by atomic mass is 10.1.